The minimum Gasteiger partial charge on any atom is -0.497 e. The third-order valence-corrected chi connectivity index (χ3v) is 5.88. The summed E-state index contributed by atoms with van der Waals surface area (Å²) in [6.45, 7) is 3.63. The van der Waals surface area contributed by atoms with Crippen LogP contribution >= 0.6 is 0 Å². The highest BCUT2D eigenvalue weighted by atomic mass is 32.2. The quantitative estimate of drug-likeness (QED) is 0.713. The lowest BCUT2D eigenvalue weighted by Crippen LogP contribution is -2.43. The lowest BCUT2D eigenvalue weighted by atomic mass is 10.2. The van der Waals surface area contributed by atoms with Crippen LogP contribution in [0.2, 0.25) is 0 Å². The van der Waals surface area contributed by atoms with E-state index < -0.39 is 10.0 Å². The van der Waals surface area contributed by atoms with Crippen LogP contribution in [-0.4, -0.2) is 34.0 Å². The molecule has 0 aromatic heterocycles. The Morgan fingerprint density at radius 1 is 1.15 bits per heavy atom. The fraction of sp³-hybridized carbons (Fsp3) is 0.350. The van der Waals surface area contributed by atoms with Gasteiger partial charge in [-0.3, -0.25) is 9.10 Å². The molecule has 0 aliphatic heterocycles. The number of carbonyl (C=O) groups excluding carboxylic acids is 1. The van der Waals surface area contributed by atoms with E-state index in [9.17, 15) is 13.2 Å². The fourth-order valence-corrected chi connectivity index (χ4v) is 4.19. The van der Waals surface area contributed by atoms with Gasteiger partial charge in [0.25, 0.3) is 10.0 Å². The number of anilines is 1. The molecule has 1 amide bonds. The third kappa shape index (κ3) is 5.47. The Kier molecular flexibility index (Phi) is 7.24. The molecular formula is C20H26N2O4S. The van der Waals surface area contributed by atoms with Crippen LogP contribution in [0, 0.1) is 0 Å². The predicted octanol–water partition coefficient (Wildman–Crippen LogP) is 3.20. The van der Waals surface area contributed by atoms with Crippen LogP contribution in [0.5, 0.6) is 5.75 Å². The standard InChI is InChI=1S/C20H26N2O4S/c1-4-9-16(2)21-20(23)15-22(17-10-8-11-18(14-17)26-3)27(24,25)19-12-6-5-7-13-19/h5-8,10-14,16H,4,9,15H2,1-3H3,(H,21,23)/t16-/m0/s1. The van der Waals surface area contributed by atoms with Gasteiger partial charge in [-0.2, -0.15) is 0 Å². The molecule has 0 heterocycles. The third-order valence-electron chi connectivity index (χ3n) is 4.09. The maximum absolute atomic E-state index is 13.2. The molecule has 0 bridgehead atoms. The molecular weight excluding hydrogens is 364 g/mol. The topological polar surface area (TPSA) is 75.7 Å². The Morgan fingerprint density at radius 3 is 2.48 bits per heavy atom. The molecule has 0 saturated carbocycles. The molecule has 7 heteroatoms. The second kappa shape index (κ2) is 9.41. The molecule has 0 spiro atoms. The highest BCUT2D eigenvalue weighted by molar-refractivity contribution is 7.92. The van der Waals surface area contributed by atoms with Gasteiger partial charge in [-0.15, -0.1) is 0 Å². The lowest BCUT2D eigenvalue weighted by Gasteiger charge is -2.25. The Bertz CT molecular complexity index is 853. The first-order chi connectivity index (χ1) is 12.9. The number of amides is 1. The monoisotopic (exact) mass is 390 g/mol. The first-order valence-corrected chi connectivity index (χ1v) is 10.3. The minimum atomic E-state index is -3.91. The summed E-state index contributed by atoms with van der Waals surface area (Å²) in [6, 6.07) is 14.7. The van der Waals surface area contributed by atoms with Crippen molar-refractivity contribution >= 4 is 21.6 Å². The van der Waals surface area contributed by atoms with Crippen molar-refractivity contribution in [3.05, 3.63) is 54.6 Å². The molecule has 0 radical (unpaired) electrons. The molecule has 146 valence electrons. The number of nitrogens with zero attached hydrogens (tertiary/aromatic N) is 1. The maximum atomic E-state index is 13.2. The van der Waals surface area contributed by atoms with Gasteiger partial charge in [0, 0.05) is 12.1 Å². The SMILES string of the molecule is CCC[C@H](C)NC(=O)CN(c1cccc(OC)c1)S(=O)(=O)c1ccccc1. The van der Waals surface area contributed by atoms with Crippen molar-refractivity contribution in [1.29, 1.82) is 0 Å². The van der Waals surface area contributed by atoms with Gasteiger partial charge in [-0.25, -0.2) is 8.42 Å². The van der Waals surface area contributed by atoms with Crippen molar-refractivity contribution in [3.63, 3.8) is 0 Å². The number of nitrogens with one attached hydrogen (secondary N) is 1. The van der Waals surface area contributed by atoms with E-state index >= 15 is 0 Å². The Balaban J connectivity index is 2.38. The summed E-state index contributed by atoms with van der Waals surface area (Å²) < 4.78 is 32.7. The maximum Gasteiger partial charge on any atom is 0.264 e. The number of ether oxygens (including phenoxy) is 1. The zero-order valence-electron chi connectivity index (χ0n) is 15.9. The van der Waals surface area contributed by atoms with Crippen molar-refractivity contribution in [1.82, 2.24) is 5.32 Å². The van der Waals surface area contributed by atoms with Gasteiger partial charge in [-0.05, 0) is 37.6 Å². The van der Waals surface area contributed by atoms with Gasteiger partial charge >= 0.3 is 0 Å². The molecule has 0 fully saturated rings. The summed E-state index contributed by atoms with van der Waals surface area (Å²) in [7, 11) is -2.40. The van der Waals surface area contributed by atoms with E-state index in [1.807, 2.05) is 13.8 Å². The van der Waals surface area contributed by atoms with Crippen LogP contribution in [0.3, 0.4) is 0 Å². The van der Waals surface area contributed by atoms with Crippen molar-refractivity contribution in [2.75, 3.05) is 18.0 Å². The molecule has 6 nitrogen and oxygen atoms in total. The van der Waals surface area contributed by atoms with Crippen LogP contribution < -0.4 is 14.4 Å². The number of methoxy groups -OCH3 is 1. The number of sulfonamides is 1. The van der Waals surface area contributed by atoms with Gasteiger partial charge in [0.15, 0.2) is 0 Å². The smallest absolute Gasteiger partial charge is 0.264 e. The van der Waals surface area contributed by atoms with E-state index in [2.05, 4.69) is 5.32 Å². The average molecular weight is 391 g/mol. The number of carbonyl (C=O) groups is 1. The molecule has 0 aliphatic rings. The lowest BCUT2D eigenvalue weighted by molar-refractivity contribution is -0.120. The zero-order valence-corrected chi connectivity index (χ0v) is 16.7. The van der Waals surface area contributed by atoms with Crippen LogP contribution in [0.15, 0.2) is 59.5 Å². The van der Waals surface area contributed by atoms with E-state index in [-0.39, 0.29) is 23.4 Å². The van der Waals surface area contributed by atoms with E-state index in [4.69, 9.17) is 4.74 Å². The molecule has 2 aromatic rings. The van der Waals surface area contributed by atoms with E-state index in [1.165, 1.54) is 19.2 Å². The Labute approximate surface area is 161 Å². The average Bonchev–Trinajstić information content (AvgIpc) is 2.67. The first-order valence-electron chi connectivity index (χ1n) is 8.89. The molecule has 27 heavy (non-hydrogen) atoms. The summed E-state index contributed by atoms with van der Waals surface area (Å²) in [4.78, 5) is 12.6. The molecule has 1 N–H and O–H groups in total. The number of benzene rings is 2. The summed E-state index contributed by atoms with van der Waals surface area (Å²) in [5, 5.41) is 2.86. The highest BCUT2D eigenvalue weighted by Crippen LogP contribution is 2.26. The summed E-state index contributed by atoms with van der Waals surface area (Å²) in [5.74, 6) is 0.166. The molecule has 0 unspecified atom stereocenters. The normalized spacial score (nSPS) is 12.3. The number of rotatable bonds is 9. The van der Waals surface area contributed by atoms with Crippen molar-refractivity contribution in [2.24, 2.45) is 0 Å². The number of hydrogen-bond donors (Lipinski definition) is 1. The summed E-state index contributed by atoms with van der Waals surface area (Å²) in [6.07, 6.45) is 1.76. The highest BCUT2D eigenvalue weighted by Gasteiger charge is 2.27. The second-order valence-electron chi connectivity index (χ2n) is 6.28. The minimum absolute atomic E-state index is 0.0194. The van der Waals surface area contributed by atoms with Crippen LogP contribution in [0.4, 0.5) is 5.69 Å². The van der Waals surface area contributed by atoms with E-state index in [0.717, 1.165) is 17.1 Å². The van der Waals surface area contributed by atoms with Gasteiger partial charge in [0.05, 0.1) is 17.7 Å². The molecule has 2 rings (SSSR count). The molecule has 1 atom stereocenters. The van der Waals surface area contributed by atoms with Gasteiger partial charge in [0.1, 0.15) is 12.3 Å². The molecule has 0 saturated heterocycles. The van der Waals surface area contributed by atoms with Crippen molar-refractivity contribution < 1.29 is 17.9 Å². The Morgan fingerprint density at radius 2 is 1.85 bits per heavy atom. The van der Waals surface area contributed by atoms with E-state index in [0.29, 0.717) is 11.4 Å². The summed E-state index contributed by atoms with van der Waals surface area (Å²) in [5.41, 5.74) is 0.372. The van der Waals surface area contributed by atoms with Gasteiger partial charge in [0.2, 0.25) is 5.91 Å². The molecule has 0 aliphatic carbocycles. The van der Waals surface area contributed by atoms with Crippen LogP contribution in [0.1, 0.15) is 26.7 Å². The van der Waals surface area contributed by atoms with E-state index in [1.54, 1.807) is 42.5 Å². The predicted molar refractivity (Wildman–Crippen MR) is 106 cm³/mol. The van der Waals surface area contributed by atoms with Crippen LogP contribution in [-0.2, 0) is 14.8 Å². The molecule has 2 aromatic carbocycles. The van der Waals surface area contributed by atoms with Gasteiger partial charge in [-0.1, -0.05) is 37.6 Å². The summed E-state index contributed by atoms with van der Waals surface area (Å²) >= 11 is 0. The Hall–Kier alpha value is -2.54. The first kappa shape index (κ1) is 20.8. The fourth-order valence-electron chi connectivity index (χ4n) is 2.76. The second-order valence-corrected chi connectivity index (χ2v) is 8.15. The van der Waals surface area contributed by atoms with Gasteiger partial charge < -0.3 is 10.1 Å². The van der Waals surface area contributed by atoms with Crippen molar-refractivity contribution in [2.45, 2.75) is 37.6 Å². The zero-order chi connectivity index (χ0) is 19.9. The number of hydrogen-bond acceptors (Lipinski definition) is 4. The van der Waals surface area contributed by atoms with Crippen LogP contribution in [0.25, 0.3) is 0 Å². The van der Waals surface area contributed by atoms with Crippen molar-refractivity contribution in [3.8, 4) is 5.75 Å². The largest absolute Gasteiger partial charge is 0.497 e.